The number of allylic oxidation sites excluding steroid dienone is 1. The van der Waals surface area contributed by atoms with E-state index >= 15 is 0 Å². The average Bonchev–Trinajstić information content (AvgIpc) is 3.46. The van der Waals surface area contributed by atoms with Crippen molar-refractivity contribution in [1.82, 2.24) is 10.2 Å². The molecule has 7 nitrogen and oxygen atoms in total. The van der Waals surface area contributed by atoms with Crippen molar-refractivity contribution < 1.29 is 19.5 Å². The van der Waals surface area contributed by atoms with Gasteiger partial charge in [-0.15, -0.1) is 45.8 Å². The van der Waals surface area contributed by atoms with Crippen molar-refractivity contribution in [3.05, 3.63) is 71.8 Å². The molecule has 3 aromatic rings. The van der Waals surface area contributed by atoms with Crippen molar-refractivity contribution in [1.29, 1.82) is 0 Å². The Hall–Kier alpha value is -2.09. The molecule has 0 saturated carbocycles. The van der Waals surface area contributed by atoms with Crippen LogP contribution in [0.2, 0.25) is 4.34 Å². The van der Waals surface area contributed by atoms with Crippen LogP contribution in [-0.2, 0) is 20.8 Å². The van der Waals surface area contributed by atoms with Crippen LogP contribution in [0.25, 0.3) is 9.40 Å². The van der Waals surface area contributed by atoms with Crippen molar-refractivity contribution in [3.63, 3.8) is 0 Å². The van der Waals surface area contributed by atoms with Gasteiger partial charge in [0, 0.05) is 16.7 Å². The van der Waals surface area contributed by atoms with Crippen molar-refractivity contribution in [2.75, 3.05) is 5.75 Å². The molecule has 0 aromatic carbocycles. The molecule has 0 bridgehead atoms. The normalized spacial score (nSPS) is 19.8. The van der Waals surface area contributed by atoms with Crippen molar-refractivity contribution >= 4 is 96.3 Å². The molecule has 0 radical (unpaired) electrons. The first-order chi connectivity index (χ1) is 16.8. The van der Waals surface area contributed by atoms with Crippen LogP contribution >= 0.6 is 69.1 Å². The third-order valence-electron chi connectivity index (χ3n) is 5.26. The summed E-state index contributed by atoms with van der Waals surface area (Å²) in [5.41, 5.74) is 0.307. The third kappa shape index (κ3) is 4.95. The van der Waals surface area contributed by atoms with Crippen molar-refractivity contribution in [2.45, 2.75) is 22.0 Å². The maximum absolute atomic E-state index is 12.8. The highest BCUT2D eigenvalue weighted by Gasteiger charge is 2.53. The summed E-state index contributed by atoms with van der Waals surface area (Å²) in [5.74, 6) is -1.52. The molecule has 2 aliphatic heterocycles. The molecule has 1 unspecified atom stereocenters. The highest BCUT2D eigenvalue weighted by Crippen LogP contribution is 2.41. The van der Waals surface area contributed by atoms with Crippen LogP contribution in [0.3, 0.4) is 0 Å². The van der Waals surface area contributed by atoms with Gasteiger partial charge >= 0.3 is 5.97 Å². The Morgan fingerprint density at radius 3 is 2.86 bits per heavy atom. The Bertz CT molecular complexity index is 1460. The zero-order valence-corrected chi connectivity index (χ0v) is 22.4. The molecule has 1 saturated heterocycles. The predicted molar refractivity (Wildman–Crippen MR) is 144 cm³/mol. The van der Waals surface area contributed by atoms with E-state index in [9.17, 15) is 24.3 Å². The number of carbonyl (C=O) groups excluding carboxylic acids is 2. The van der Waals surface area contributed by atoms with Gasteiger partial charge in [0.15, 0.2) is 5.43 Å². The van der Waals surface area contributed by atoms with Crippen molar-refractivity contribution in [3.8, 4) is 0 Å². The summed E-state index contributed by atoms with van der Waals surface area (Å²) >= 11 is 13.0. The van der Waals surface area contributed by atoms with Gasteiger partial charge in [-0.05, 0) is 34.6 Å². The summed E-state index contributed by atoms with van der Waals surface area (Å²) in [6.45, 7) is 0. The standard InChI is InChI=1S/C22H15ClN2O5S5/c23-14-7-12-13(26)8-16(35-22(12)34-14)32-5-3-10-9-33-20-17(19(28)25(20)18(10)21(29)30)24-15(27)6-11-2-1-4-31-11/h1-5,7-8,17,20H,6,9H2,(H,24,27)(H,29,30)/t17?,20-/m1/s1. The second kappa shape index (κ2) is 10.1. The first-order valence-electron chi connectivity index (χ1n) is 10.1. The molecule has 3 aromatic heterocycles. The summed E-state index contributed by atoms with van der Waals surface area (Å²) in [5, 5.41) is 16.3. The van der Waals surface area contributed by atoms with Gasteiger partial charge in [-0.2, -0.15) is 0 Å². The monoisotopic (exact) mass is 582 g/mol. The van der Waals surface area contributed by atoms with E-state index in [0.29, 0.717) is 21.0 Å². The Morgan fingerprint density at radius 1 is 1.29 bits per heavy atom. The lowest BCUT2D eigenvalue weighted by molar-refractivity contribution is -0.150. The van der Waals surface area contributed by atoms with Gasteiger partial charge in [0.25, 0.3) is 5.91 Å². The molecule has 0 aliphatic carbocycles. The number of aliphatic carboxylic acids is 1. The number of carbonyl (C=O) groups is 3. The van der Waals surface area contributed by atoms with E-state index in [1.54, 1.807) is 17.6 Å². The quantitative estimate of drug-likeness (QED) is 0.309. The molecule has 1 fully saturated rings. The van der Waals surface area contributed by atoms with Crippen LogP contribution in [-0.4, -0.2) is 45.0 Å². The van der Waals surface area contributed by atoms with E-state index < -0.39 is 23.3 Å². The molecular formula is C22H15ClN2O5S5. The van der Waals surface area contributed by atoms with E-state index in [1.807, 2.05) is 17.5 Å². The van der Waals surface area contributed by atoms with Gasteiger partial charge in [0.1, 0.15) is 17.1 Å². The largest absolute Gasteiger partial charge is 0.477 e. The SMILES string of the molecule is O=C(Cc1cccs1)NC1C(=O)N2C(C(=O)O)=C(C=CSc3cc(=O)c4cc(Cl)sc4s3)CS[C@H]12. The Labute approximate surface area is 224 Å². The first-order valence-corrected chi connectivity index (χ1v) is 14.9. The van der Waals surface area contributed by atoms with E-state index in [-0.39, 0.29) is 23.5 Å². The van der Waals surface area contributed by atoms with Crippen molar-refractivity contribution in [2.24, 2.45) is 0 Å². The Balaban J connectivity index is 1.30. The van der Waals surface area contributed by atoms with E-state index in [1.165, 1.54) is 68.5 Å². The van der Waals surface area contributed by atoms with Gasteiger partial charge < -0.3 is 10.4 Å². The number of hydrogen-bond donors (Lipinski definition) is 2. The second-order valence-corrected chi connectivity index (χ2v) is 13.8. The number of fused-ring (bicyclic) bond motifs is 2. The molecule has 13 heteroatoms. The van der Waals surface area contributed by atoms with Gasteiger partial charge in [-0.25, -0.2) is 4.79 Å². The molecule has 180 valence electrons. The van der Waals surface area contributed by atoms with Crippen LogP contribution in [0.5, 0.6) is 0 Å². The number of rotatable bonds is 7. The van der Waals surface area contributed by atoms with E-state index in [4.69, 9.17) is 11.6 Å². The molecule has 2 atom stereocenters. The van der Waals surface area contributed by atoms with Crippen LogP contribution in [0.1, 0.15) is 4.88 Å². The molecule has 0 spiro atoms. The summed E-state index contributed by atoms with van der Waals surface area (Å²) in [6.07, 6.45) is 1.84. The minimum Gasteiger partial charge on any atom is -0.477 e. The zero-order chi connectivity index (χ0) is 24.7. The summed E-state index contributed by atoms with van der Waals surface area (Å²) in [6, 6.07) is 6.15. The molecular weight excluding hydrogens is 568 g/mol. The Kier molecular flexibility index (Phi) is 7.11. The topological polar surface area (TPSA) is 104 Å². The number of halogens is 1. The van der Waals surface area contributed by atoms with E-state index in [0.717, 1.165) is 13.1 Å². The lowest BCUT2D eigenvalue weighted by Gasteiger charge is -2.49. The molecule has 5 rings (SSSR count). The first kappa shape index (κ1) is 24.6. The Morgan fingerprint density at radius 2 is 2.11 bits per heavy atom. The number of carboxylic acids is 1. The maximum Gasteiger partial charge on any atom is 0.352 e. The van der Waals surface area contributed by atoms with E-state index in [2.05, 4.69) is 5.32 Å². The van der Waals surface area contributed by atoms with Crippen LogP contribution < -0.4 is 10.7 Å². The van der Waals surface area contributed by atoms with Gasteiger partial charge in [-0.3, -0.25) is 19.3 Å². The number of β-lactam (4-membered cyclic amide) rings is 1. The molecule has 2 aliphatic rings. The summed E-state index contributed by atoms with van der Waals surface area (Å²) in [7, 11) is 0. The molecule has 2 N–H and O–H groups in total. The summed E-state index contributed by atoms with van der Waals surface area (Å²) in [4.78, 5) is 51.6. The molecule has 5 heterocycles. The average molecular weight is 583 g/mol. The fraction of sp³-hybridized carbons (Fsp3) is 0.182. The van der Waals surface area contributed by atoms with Crippen LogP contribution in [0.4, 0.5) is 0 Å². The lowest BCUT2D eigenvalue weighted by Crippen LogP contribution is -2.70. The lowest BCUT2D eigenvalue weighted by atomic mass is 10.0. The fourth-order valence-electron chi connectivity index (χ4n) is 3.71. The highest BCUT2D eigenvalue weighted by atomic mass is 35.5. The number of thiophene rings is 2. The molecule has 2 amide bonds. The summed E-state index contributed by atoms with van der Waals surface area (Å²) < 4.78 is 2.14. The maximum atomic E-state index is 12.8. The number of nitrogens with zero attached hydrogens (tertiary/aromatic N) is 1. The third-order valence-corrected chi connectivity index (χ3v) is 10.9. The van der Waals surface area contributed by atoms with Gasteiger partial charge in [-0.1, -0.05) is 29.4 Å². The van der Waals surface area contributed by atoms with Gasteiger partial charge in [0.2, 0.25) is 5.91 Å². The highest BCUT2D eigenvalue weighted by molar-refractivity contribution is 8.04. The predicted octanol–water partition coefficient (Wildman–Crippen LogP) is 4.63. The molecule has 35 heavy (non-hydrogen) atoms. The smallest absolute Gasteiger partial charge is 0.352 e. The van der Waals surface area contributed by atoms with Crippen LogP contribution in [0.15, 0.2) is 61.4 Å². The number of hydrogen-bond acceptors (Lipinski definition) is 9. The second-order valence-electron chi connectivity index (χ2n) is 7.49. The zero-order valence-electron chi connectivity index (χ0n) is 17.6. The minimum atomic E-state index is -1.20. The fourth-order valence-corrected chi connectivity index (χ4v) is 9.46. The van der Waals surface area contributed by atoms with Gasteiger partial charge in [0.05, 0.1) is 24.4 Å². The number of nitrogens with one attached hydrogen (secondary N) is 1. The number of carboxylic acid groups (broad SMARTS) is 1. The number of amides is 2. The minimum absolute atomic E-state index is 0.0759. The van der Waals surface area contributed by atoms with Crippen LogP contribution in [0, 0.1) is 0 Å². The number of thioether (sulfide) groups is 2.